The highest BCUT2D eigenvalue weighted by Crippen LogP contribution is 2.58. The lowest BCUT2D eigenvalue weighted by molar-refractivity contribution is 0.211. The zero-order chi connectivity index (χ0) is 18.5. The molecule has 0 bridgehead atoms. The smallest absolute Gasteiger partial charge is 0.309 e. The van der Waals surface area contributed by atoms with E-state index in [9.17, 15) is 4.57 Å². The van der Waals surface area contributed by atoms with E-state index < -0.39 is 7.60 Å². The Kier molecular flexibility index (Phi) is 7.93. The molecule has 0 aliphatic heterocycles. The van der Waals surface area contributed by atoms with Gasteiger partial charge in [0.15, 0.2) is 0 Å². The Balaban J connectivity index is 3.34. The van der Waals surface area contributed by atoms with Crippen molar-refractivity contribution in [1.82, 2.24) is 0 Å². The van der Waals surface area contributed by atoms with Gasteiger partial charge in [-0.3, -0.25) is 4.57 Å². The van der Waals surface area contributed by atoms with Gasteiger partial charge in [0.25, 0.3) is 0 Å². The van der Waals surface area contributed by atoms with Gasteiger partial charge in [0, 0.05) is 15.7 Å². The monoisotopic (exact) mass is 372 g/mol. The second kappa shape index (κ2) is 8.80. The third-order valence-electron chi connectivity index (χ3n) is 4.34. The average Bonchev–Trinajstić information content (AvgIpc) is 2.89. The summed E-state index contributed by atoms with van der Waals surface area (Å²) in [4.78, 5) is 2.47. The minimum absolute atomic E-state index is 0.0202. The Labute approximate surface area is 152 Å². The van der Waals surface area contributed by atoms with Crippen LogP contribution < -0.4 is 0 Å². The van der Waals surface area contributed by atoms with Crippen LogP contribution in [0.3, 0.4) is 0 Å². The van der Waals surface area contributed by atoms with E-state index in [-0.39, 0.29) is 17.0 Å². The minimum Gasteiger partial charge on any atom is -0.309 e. The zero-order valence-corrected chi connectivity index (χ0v) is 18.1. The molecule has 0 spiro atoms. The molecule has 0 unspecified atom stereocenters. The molecule has 0 aliphatic carbocycles. The van der Waals surface area contributed by atoms with E-state index >= 15 is 0 Å². The molecule has 1 aromatic rings. The normalized spacial score (nSPS) is 16.2. The maximum atomic E-state index is 13.3. The molecule has 0 fully saturated rings. The maximum Gasteiger partial charge on any atom is 0.334 e. The second-order valence-corrected chi connectivity index (χ2v) is 10.9. The van der Waals surface area contributed by atoms with Gasteiger partial charge in [-0.2, -0.15) is 0 Å². The predicted octanol–water partition coefficient (Wildman–Crippen LogP) is 6.79. The van der Waals surface area contributed by atoms with E-state index in [0.29, 0.717) is 13.2 Å². The van der Waals surface area contributed by atoms with Crippen molar-refractivity contribution in [2.45, 2.75) is 67.0 Å². The zero-order valence-electron chi connectivity index (χ0n) is 16.4. The summed E-state index contributed by atoms with van der Waals surface area (Å²) in [6.07, 6.45) is 2.25. The SMILES string of the molecule is CCOP(=O)(OCC)[C@@H](C)[C@H](/C=C(\C)C(C)(C)C)c1ccc(C)s1. The first-order valence-corrected chi connectivity index (χ1v) is 11.1. The number of thiophene rings is 1. The number of rotatable bonds is 8. The average molecular weight is 373 g/mol. The van der Waals surface area contributed by atoms with E-state index in [4.69, 9.17) is 9.05 Å². The highest BCUT2D eigenvalue weighted by molar-refractivity contribution is 7.54. The number of aryl methyl sites for hydroxylation is 1. The lowest BCUT2D eigenvalue weighted by Crippen LogP contribution is -2.19. The van der Waals surface area contributed by atoms with Crippen LogP contribution in [0, 0.1) is 12.3 Å². The summed E-state index contributed by atoms with van der Waals surface area (Å²) in [5.41, 5.74) is 1.13. The largest absolute Gasteiger partial charge is 0.334 e. The third-order valence-corrected chi connectivity index (χ3v) is 8.00. The van der Waals surface area contributed by atoms with Gasteiger partial charge in [-0.25, -0.2) is 0 Å². The second-order valence-electron chi connectivity index (χ2n) is 7.19. The van der Waals surface area contributed by atoms with Crippen LogP contribution in [0.1, 0.15) is 64.1 Å². The van der Waals surface area contributed by atoms with Gasteiger partial charge in [-0.05, 0) is 45.2 Å². The lowest BCUT2D eigenvalue weighted by Gasteiger charge is -2.30. The van der Waals surface area contributed by atoms with Crippen LogP contribution in [0.25, 0.3) is 0 Å². The minimum atomic E-state index is -3.17. The van der Waals surface area contributed by atoms with Crippen LogP contribution in [-0.2, 0) is 13.6 Å². The van der Waals surface area contributed by atoms with E-state index in [1.807, 2.05) is 20.8 Å². The molecule has 138 valence electrons. The predicted molar refractivity (Wildman–Crippen MR) is 105 cm³/mol. The van der Waals surface area contributed by atoms with Crippen molar-refractivity contribution in [1.29, 1.82) is 0 Å². The van der Waals surface area contributed by atoms with Crippen molar-refractivity contribution in [3.63, 3.8) is 0 Å². The fraction of sp³-hybridized carbons (Fsp3) is 0.684. The van der Waals surface area contributed by atoms with E-state index in [1.165, 1.54) is 15.3 Å². The number of hydrogen-bond acceptors (Lipinski definition) is 4. The third kappa shape index (κ3) is 5.56. The Morgan fingerprint density at radius 2 is 1.79 bits per heavy atom. The van der Waals surface area contributed by atoms with Crippen LogP contribution >= 0.6 is 18.9 Å². The molecule has 5 heteroatoms. The van der Waals surface area contributed by atoms with E-state index in [1.54, 1.807) is 11.3 Å². The first-order chi connectivity index (χ1) is 11.0. The van der Waals surface area contributed by atoms with Crippen LogP contribution in [0.2, 0.25) is 0 Å². The summed E-state index contributed by atoms with van der Waals surface area (Å²) in [5.74, 6) is 0.0202. The Hall–Kier alpha value is -0.410. The van der Waals surface area contributed by atoms with Crippen molar-refractivity contribution >= 4 is 18.9 Å². The molecule has 0 aromatic carbocycles. The van der Waals surface area contributed by atoms with Gasteiger partial charge in [0.2, 0.25) is 0 Å². The van der Waals surface area contributed by atoms with Gasteiger partial charge in [-0.15, -0.1) is 11.3 Å². The van der Waals surface area contributed by atoms with Gasteiger partial charge >= 0.3 is 7.60 Å². The Morgan fingerprint density at radius 1 is 1.25 bits per heavy atom. The van der Waals surface area contributed by atoms with Gasteiger partial charge in [0.1, 0.15) is 0 Å². The van der Waals surface area contributed by atoms with E-state index in [0.717, 1.165) is 0 Å². The van der Waals surface area contributed by atoms with Crippen molar-refractivity contribution in [3.05, 3.63) is 33.5 Å². The molecular weight excluding hydrogens is 339 g/mol. The van der Waals surface area contributed by atoms with Crippen LogP contribution in [0.4, 0.5) is 0 Å². The Morgan fingerprint density at radius 3 is 2.17 bits per heavy atom. The molecule has 0 amide bonds. The molecule has 1 heterocycles. The molecule has 0 saturated heterocycles. The molecule has 0 saturated carbocycles. The maximum absolute atomic E-state index is 13.3. The van der Waals surface area contributed by atoms with Gasteiger partial charge < -0.3 is 9.05 Å². The van der Waals surface area contributed by atoms with Gasteiger partial charge in [-0.1, -0.05) is 39.3 Å². The quantitative estimate of drug-likeness (QED) is 0.372. The summed E-state index contributed by atoms with van der Waals surface area (Å²) in [5, 5.41) is 0. The summed E-state index contributed by atoms with van der Waals surface area (Å²) in [7, 11) is -3.17. The number of allylic oxidation sites excluding steroid dienone is 2. The highest BCUT2D eigenvalue weighted by Gasteiger charge is 2.38. The first-order valence-electron chi connectivity index (χ1n) is 8.69. The first kappa shape index (κ1) is 21.6. The van der Waals surface area contributed by atoms with Crippen LogP contribution in [0.5, 0.6) is 0 Å². The van der Waals surface area contributed by atoms with E-state index in [2.05, 4.69) is 52.8 Å². The molecule has 1 aromatic heterocycles. The summed E-state index contributed by atoms with van der Waals surface area (Å²) in [6.45, 7) is 17.3. The van der Waals surface area contributed by atoms with Crippen molar-refractivity contribution in [2.75, 3.05) is 13.2 Å². The van der Waals surface area contributed by atoms with Crippen molar-refractivity contribution in [2.24, 2.45) is 5.41 Å². The van der Waals surface area contributed by atoms with Crippen LogP contribution in [0.15, 0.2) is 23.8 Å². The number of hydrogen-bond donors (Lipinski definition) is 0. The Bertz CT molecular complexity index is 588. The topological polar surface area (TPSA) is 35.5 Å². The fourth-order valence-electron chi connectivity index (χ4n) is 2.44. The molecule has 2 atom stereocenters. The lowest BCUT2D eigenvalue weighted by atomic mass is 9.85. The molecular formula is C19H33O3PS. The summed E-state index contributed by atoms with van der Waals surface area (Å²) >= 11 is 1.75. The molecule has 0 N–H and O–H groups in total. The summed E-state index contributed by atoms with van der Waals surface area (Å²) < 4.78 is 24.5. The van der Waals surface area contributed by atoms with Crippen LogP contribution in [-0.4, -0.2) is 18.9 Å². The van der Waals surface area contributed by atoms with Gasteiger partial charge in [0.05, 0.1) is 18.9 Å². The summed E-state index contributed by atoms with van der Waals surface area (Å²) in [6, 6.07) is 4.25. The van der Waals surface area contributed by atoms with Crippen molar-refractivity contribution < 1.29 is 13.6 Å². The molecule has 3 nitrogen and oxygen atoms in total. The highest BCUT2D eigenvalue weighted by atomic mass is 32.1. The molecule has 24 heavy (non-hydrogen) atoms. The molecule has 0 radical (unpaired) electrons. The molecule has 0 aliphatic rings. The molecule has 1 rings (SSSR count). The fourth-order valence-corrected chi connectivity index (χ4v) is 5.50. The van der Waals surface area contributed by atoms with Crippen molar-refractivity contribution in [3.8, 4) is 0 Å². The standard InChI is InChI=1S/C19H33O3PS/c1-9-21-23(20,22-10-2)16(5)17(13-14(3)19(6,7)8)18-12-11-15(4)24-18/h11-13,16-17H,9-10H2,1-8H3/b14-13+/t16-,17-/m0/s1.